The molecule has 0 fully saturated rings. The van der Waals surface area contributed by atoms with Gasteiger partial charge in [-0.05, 0) is 0 Å². The minimum Gasteiger partial charge on any atom is -0.147 e. The van der Waals surface area contributed by atoms with Gasteiger partial charge in [0.15, 0.2) is 0 Å². The molecule has 0 bridgehead atoms. The topological polar surface area (TPSA) is 26.3 Å². The van der Waals surface area contributed by atoms with Gasteiger partial charge < -0.3 is 0 Å². The molecule has 2 aliphatic rings. The van der Waals surface area contributed by atoms with Crippen LogP contribution < -0.4 is 0 Å². The molecular weight excluding hydrogens is 510 g/mol. The smallest absolute Gasteiger partial charge is 0.147 e. The molecule has 2 aromatic heterocycles. The van der Waals surface area contributed by atoms with Crippen LogP contribution in [0.25, 0.3) is 11.1 Å². The fourth-order valence-corrected chi connectivity index (χ4v) is 27.9. The van der Waals surface area contributed by atoms with E-state index in [1.165, 1.54) is 22.3 Å². The molecule has 0 spiro atoms. The van der Waals surface area contributed by atoms with E-state index in [9.17, 15) is 0 Å². The van der Waals surface area contributed by atoms with Gasteiger partial charge in [-0.15, -0.1) is 24.8 Å². The minimum absolute atomic E-state index is 0. The normalized spacial score (nSPS) is 22.0. The third kappa shape index (κ3) is 3.90. The quantitative estimate of drug-likeness (QED) is 0.377. The summed E-state index contributed by atoms with van der Waals surface area (Å²) < 4.78 is 20.1. The number of hydrogen-bond acceptors (Lipinski definition) is 2. The maximum absolute atomic E-state index is 5.75. The Hall–Kier alpha value is -0.800. The summed E-state index contributed by atoms with van der Waals surface area (Å²) in [5.74, 6) is 2.90. The predicted molar refractivity (Wildman–Crippen MR) is 132 cm³/mol. The van der Waals surface area contributed by atoms with Crippen LogP contribution in [0.2, 0.25) is 9.26 Å². The first-order valence-corrected chi connectivity index (χ1v) is 23.4. The zero-order valence-electron chi connectivity index (χ0n) is 18.6. The molecule has 2 nitrogen and oxygen atoms in total. The molecule has 2 aliphatic carbocycles. The molecular formula is C24H32Cl2O2SiZr. The molecule has 6 heteroatoms. The number of halogens is 2. The molecule has 0 N–H and O–H groups in total. The Bertz CT molecular complexity index is 1040. The molecule has 0 saturated carbocycles. The van der Waals surface area contributed by atoms with Crippen LogP contribution in [0.5, 0.6) is 0 Å². The van der Waals surface area contributed by atoms with Gasteiger partial charge in [0.1, 0.15) is 0 Å². The van der Waals surface area contributed by atoms with Crippen molar-refractivity contribution in [2.45, 2.75) is 37.0 Å². The number of rotatable bonds is 4. The van der Waals surface area contributed by atoms with Crippen molar-refractivity contribution in [3.63, 3.8) is 0 Å². The fourth-order valence-electron chi connectivity index (χ4n) is 6.10. The van der Waals surface area contributed by atoms with Crippen molar-refractivity contribution in [1.29, 1.82) is 0 Å². The Balaban J connectivity index is 0.00000160. The molecule has 2 unspecified atom stereocenters. The third-order valence-corrected chi connectivity index (χ3v) is 23.7. The second-order valence-corrected chi connectivity index (χ2v) is 37.9. The molecule has 2 heterocycles. The summed E-state index contributed by atoms with van der Waals surface area (Å²) in [6, 6.07) is 8.12. The first-order valence-electron chi connectivity index (χ1n) is 10.1. The van der Waals surface area contributed by atoms with Crippen molar-refractivity contribution in [2.75, 3.05) is 0 Å². The summed E-state index contributed by atoms with van der Waals surface area (Å²) in [5.41, 5.74) is 5.44. The van der Waals surface area contributed by atoms with Gasteiger partial charge in [-0.3, -0.25) is 0 Å². The van der Waals surface area contributed by atoms with Crippen molar-refractivity contribution in [2.24, 2.45) is 11.8 Å². The summed E-state index contributed by atoms with van der Waals surface area (Å²) in [5, 5.41) is 0. The first-order chi connectivity index (χ1) is 13.1. The van der Waals surface area contributed by atoms with Gasteiger partial charge in [0.2, 0.25) is 0 Å². The average molecular weight is 543 g/mol. The Morgan fingerprint density at radius 2 is 1.13 bits per heavy atom. The maximum Gasteiger partial charge on any atom is -0.147 e. The van der Waals surface area contributed by atoms with E-state index in [0.717, 1.165) is 11.5 Å². The average Bonchev–Trinajstić information content (AvgIpc) is 3.34. The molecule has 2 atom stereocenters. The molecule has 0 radical (unpaired) electrons. The molecule has 162 valence electrons. The van der Waals surface area contributed by atoms with Crippen LogP contribution in [0, 0.1) is 11.8 Å². The van der Waals surface area contributed by atoms with E-state index >= 15 is 0 Å². The van der Waals surface area contributed by atoms with Crippen LogP contribution in [0.1, 0.15) is 39.2 Å². The predicted octanol–water partition coefficient (Wildman–Crippen LogP) is 7.36. The van der Waals surface area contributed by atoms with Crippen molar-refractivity contribution in [3.05, 3.63) is 78.2 Å². The standard InChI is InChI=1S/2C11H11O.2CH3.2ClH.H2Si.Zr/c2*1-8-6-9(2)10(7-8)11-4-3-5-12-11;;;;;;/h2*3-5,7-8H,1-2H3;2*1H3;2*1H;1H2;. The van der Waals surface area contributed by atoms with Gasteiger partial charge in [0, 0.05) is 0 Å². The largest absolute Gasteiger partial charge is 0.147 e. The van der Waals surface area contributed by atoms with Gasteiger partial charge >= 0.3 is 171 Å². The first kappa shape index (κ1) is 25.5. The van der Waals surface area contributed by atoms with Gasteiger partial charge in [-0.25, -0.2) is 0 Å². The summed E-state index contributed by atoms with van der Waals surface area (Å²) in [6.45, 7) is 11.7. The molecule has 2 aromatic rings. The second-order valence-electron chi connectivity index (χ2n) is 9.46. The number of furan rings is 2. The molecule has 0 aliphatic heterocycles. The van der Waals surface area contributed by atoms with Crippen molar-refractivity contribution in [3.8, 4) is 0 Å². The van der Waals surface area contributed by atoms with Gasteiger partial charge in [-0.1, -0.05) is 0 Å². The van der Waals surface area contributed by atoms with Crippen LogP contribution >= 0.6 is 24.8 Å². The van der Waals surface area contributed by atoms with E-state index in [1.54, 1.807) is 19.1 Å². The number of hydrogen-bond donors (Lipinski definition) is 0. The van der Waals surface area contributed by atoms with E-state index < -0.39 is 17.4 Å². The SMILES string of the molecule is CC1=[C]([Zr]([CH3])([CH3])(=[SiH2])[C]2=C(C)C(c3ccco3)=CC2C)C(C)C=C1c1ccco1.Cl.Cl. The van der Waals surface area contributed by atoms with E-state index in [1.807, 2.05) is 12.1 Å². The molecule has 0 aromatic carbocycles. The van der Waals surface area contributed by atoms with Crippen molar-refractivity contribution >= 4 is 42.8 Å². The van der Waals surface area contributed by atoms with Crippen molar-refractivity contribution < 1.29 is 26.2 Å². The summed E-state index contributed by atoms with van der Waals surface area (Å²) in [4.78, 5) is 0. The molecule has 0 amide bonds. The Kier molecular flexibility index (Phi) is 7.31. The second kappa shape index (κ2) is 8.62. The van der Waals surface area contributed by atoms with Gasteiger partial charge in [-0.2, -0.15) is 0 Å². The fraction of sp³-hybridized carbons (Fsp3) is 0.333. The van der Waals surface area contributed by atoms with E-state index in [-0.39, 0.29) is 24.8 Å². The van der Waals surface area contributed by atoms with E-state index in [2.05, 4.69) is 68.1 Å². The van der Waals surface area contributed by atoms with Gasteiger partial charge in [0.25, 0.3) is 0 Å². The van der Waals surface area contributed by atoms with Crippen LogP contribution in [0.3, 0.4) is 0 Å². The van der Waals surface area contributed by atoms with Gasteiger partial charge in [0.05, 0.1) is 0 Å². The van der Waals surface area contributed by atoms with Crippen LogP contribution in [-0.2, 0) is 17.4 Å². The molecule has 4 rings (SSSR count). The van der Waals surface area contributed by atoms with Crippen molar-refractivity contribution in [1.82, 2.24) is 0 Å². The zero-order chi connectivity index (χ0) is 20.3. The van der Waals surface area contributed by atoms with Crippen LogP contribution in [0.4, 0.5) is 0 Å². The number of allylic oxidation sites excluding steroid dienone is 8. The van der Waals surface area contributed by atoms with E-state index in [4.69, 9.17) is 8.83 Å². The summed E-state index contributed by atoms with van der Waals surface area (Å²) in [7, 11) is 0. The maximum atomic E-state index is 5.75. The van der Waals surface area contributed by atoms with Crippen LogP contribution in [0.15, 0.2) is 75.5 Å². The monoisotopic (exact) mass is 540 g/mol. The Labute approximate surface area is 194 Å². The Morgan fingerprint density at radius 3 is 1.43 bits per heavy atom. The summed E-state index contributed by atoms with van der Waals surface area (Å²) in [6.07, 6.45) is 8.37. The third-order valence-electron chi connectivity index (χ3n) is 6.66. The molecule has 30 heavy (non-hydrogen) atoms. The molecule has 0 saturated heterocycles. The zero-order valence-corrected chi connectivity index (χ0v) is 24.1. The summed E-state index contributed by atoms with van der Waals surface area (Å²) >= 11 is -3.40. The van der Waals surface area contributed by atoms with E-state index in [0.29, 0.717) is 11.8 Å². The minimum atomic E-state index is -3.40. The Morgan fingerprint density at radius 1 is 0.767 bits per heavy atom. The van der Waals surface area contributed by atoms with Crippen LogP contribution in [-0.4, -0.2) is 6.88 Å².